The SMILES string of the molecule is CCOC(=O)c1cn2c(cc1=O)-c1cc(Cl)c(OCCCOC)cc1C1CCC(C)(C)C12. The van der Waals surface area contributed by atoms with Crippen LogP contribution in [0, 0.1) is 5.41 Å². The maximum Gasteiger partial charge on any atom is 0.343 e. The monoisotopic (exact) mass is 459 g/mol. The molecule has 6 nitrogen and oxygen atoms in total. The summed E-state index contributed by atoms with van der Waals surface area (Å²) in [6.45, 7) is 7.59. The Morgan fingerprint density at radius 1 is 1.25 bits per heavy atom. The van der Waals surface area contributed by atoms with Gasteiger partial charge in [-0.05, 0) is 42.9 Å². The Bertz CT molecular complexity index is 1090. The summed E-state index contributed by atoms with van der Waals surface area (Å²) in [7, 11) is 1.67. The molecule has 2 aromatic rings. The van der Waals surface area contributed by atoms with Crippen LogP contribution in [0.2, 0.25) is 5.02 Å². The van der Waals surface area contributed by atoms with Crippen LogP contribution in [-0.2, 0) is 9.47 Å². The summed E-state index contributed by atoms with van der Waals surface area (Å²) in [6.07, 6.45) is 4.51. The van der Waals surface area contributed by atoms with Crippen molar-refractivity contribution in [3.05, 3.63) is 50.8 Å². The molecule has 1 aliphatic heterocycles. The first-order chi connectivity index (χ1) is 15.3. The third-order valence-corrected chi connectivity index (χ3v) is 6.98. The van der Waals surface area contributed by atoms with Crippen molar-refractivity contribution < 1.29 is 19.0 Å². The molecule has 0 bridgehead atoms. The van der Waals surface area contributed by atoms with Crippen LogP contribution in [0.5, 0.6) is 5.75 Å². The molecule has 1 aromatic carbocycles. The molecule has 2 unspecified atom stereocenters. The highest BCUT2D eigenvalue weighted by atomic mass is 35.5. The second-order valence-electron chi connectivity index (χ2n) is 9.21. The van der Waals surface area contributed by atoms with Crippen LogP contribution >= 0.6 is 11.6 Å². The van der Waals surface area contributed by atoms with E-state index in [1.54, 1.807) is 26.3 Å². The summed E-state index contributed by atoms with van der Waals surface area (Å²) in [6, 6.07) is 5.59. The molecule has 1 aromatic heterocycles. The quantitative estimate of drug-likeness (QED) is 0.419. The number of nitrogens with zero attached hydrogens (tertiary/aromatic N) is 1. The molecule has 7 heteroatoms. The fraction of sp³-hybridized carbons (Fsp3) is 0.520. The lowest BCUT2D eigenvalue weighted by Gasteiger charge is -2.40. The van der Waals surface area contributed by atoms with Crippen LogP contribution in [0.1, 0.15) is 67.9 Å². The Labute approximate surface area is 193 Å². The Balaban J connectivity index is 1.84. The van der Waals surface area contributed by atoms with Gasteiger partial charge < -0.3 is 18.8 Å². The van der Waals surface area contributed by atoms with Crippen molar-refractivity contribution in [1.29, 1.82) is 0 Å². The maximum absolute atomic E-state index is 12.8. The van der Waals surface area contributed by atoms with Crippen LogP contribution in [-0.4, -0.2) is 37.5 Å². The Morgan fingerprint density at radius 2 is 2.03 bits per heavy atom. The highest BCUT2D eigenvalue weighted by Crippen LogP contribution is 2.59. The van der Waals surface area contributed by atoms with Crippen molar-refractivity contribution in [2.75, 3.05) is 26.9 Å². The lowest BCUT2D eigenvalue weighted by molar-refractivity contribution is 0.0523. The summed E-state index contributed by atoms with van der Waals surface area (Å²) in [5, 5.41) is 0.505. The van der Waals surface area contributed by atoms with E-state index < -0.39 is 5.97 Å². The second-order valence-corrected chi connectivity index (χ2v) is 9.61. The van der Waals surface area contributed by atoms with E-state index in [4.69, 9.17) is 25.8 Å². The molecule has 172 valence electrons. The molecule has 1 aliphatic carbocycles. The van der Waals surface area contributed by atoms with E-state index in [-0.39, 0.29) is 35.0 Å². The standard InChI is InChI=1S/C25H30ClNO5/c1-5-31-24(29)18-14-27-20(13-21(18)28)17-11-19(26)22(32-10-6-9-30-4)12-16(17)15-7-8-25(2,3)23(15)27/h11-15,23H,5-10H2,1-4H3. The van der Waals surface area contributed by atoms with Gasteiger partial charge >= 0.3 is 5.97 Å². The van der Waals surface area contributed by atoms with Crippen molar-refractivity contribution in [2.24, 2.45) is 5.41 Å². The van der Waals surface area contributed by atoms with Gasteiger partial charge in [-0.2, -0.15) is 0 Å². The molecule has 0 radical (unpaired) electrons. The molecule has 32 heavy (non-hydrogen) atoms. The highest BCUT2D eigenvalue weighted by Gasteiger charge is 2.47. The molecule has 0 N–H and O–H groups in total. The van der Waals surface area contributed by atoms with Crippen LogP contribution in [0.15, 0.2) is 29.2 Å². The van der Waals surface area contributed by atoms with E-state index in [1.807, 2.05) is 12.1 Å². The Morgan fingerprint density at radius 3 is 2.75 bits per heavy atom. The van der Waals surface area contributed by atoms with Gasteiger partial charge in [-0.15, -0.1) is 0 Å². The summed E-state index contributed by atoms with van der Waals surface area (Å²) >= 11 is 6.58. The van der Waals surface area contributed by atoms with Crippen LogP contribution in [0.25, 0.3) is 11.3 Å². The fourth-order valence-corrected chi connectivity index (χ4v) is 5.44. The molecular weight excluding hydrogens is 430 g/mol. The van der Waals surface area contributed by atoms with Crippen molar-refractivity contribution in [3.8, 4) is 17.0 Å². The number of benzene rings is 1. The molecule has 1 saturated carbocycles. The third kappa shape index (κ3) is 3.95. The van der Waals surface area contributed by atoms with E-state index in [0.29, 0.717) is 24.0 Å². The molecule has 1 fully saturated rings. The van der Waals surface area contributed by atoms with Gasteiger partial charge in [-0.25, -0.2) is 4.79 Å². The van der Waals surface area contributed by atoms with Crippen molar-refractivity contribution in [3.63, 3.8) is 0 Å². The zero-order valence-corrected chi connectivity index (χ0v) is 19.8. The van der Waals surface area contributed by atoms with Crippen molar-refractivity contribution >= 4 is 17.6 Å². The first kappa shape index (κ1) is 22.9. The van der Waals surface area contributed by atoms with Gasteiger partial charge in [0, 0.05) is 49.9 Å². The topological polar surface area (TPSA) is 66.8 Å². The molecular formula is C25H30ClNO5. The molecule has 0 saturated heterocycles. The second kappa shape index (κ2) is 8.91. The summed E-state index contributed by atoms with van der Waals surface area (Å²) in [4.78, 5) is 25.3. The lowest BCUT2D eigenvalue weighted by atomic mass is 9.77. The number of rotatable bonds is 7. The largest absolute Gasteiger partial charge is 0.492 e. The van der Waals surface area contributed by atoms with Gasteiger partial charge in [0.25, 0.3) is 0 Å². The first-order valence-corrected chi connectivity index (χ1v) is 11.5. The molecule has 2 atom stereocenters. The van der Waals surface area contributed by atoms with Crippen LogP contribution in [0.4, 0.5) is 0 Å². The van der Waals surface area contributed by atoms with Crippen molar-refractivity contribution in [1.82, 2.24) is 4.57 Å². The zero-order valence-electron chi connectivity index (χ0n) is 19.1. The number of fused-ring (bicyclic) bond motifs is 6. The number of methoxy groups -OCH3 is 1. The maximum atomic E-state index is 12.8. The molecule has 2 aliphatic rings. The van der Waals surface area contributed by atoms with E-state index in [9.17, 15) is 9.59 Å². The summed E-state index contributed by atoms with van der Waals surface area (Å²) in [5.41, 5.74) is 2.58. The average Bonchev–Trinajstić information content (AvgIpc) is 3.07. The molecule has 0 spiro atoms. The van der Waals surface area contributed by atoms with E-state index >= 15 is 0 Å². The average molecular weight is 460 g/mol. The lowest BCUT2D eigenvalue weighted by Crippen LogP contribution is -2.32. The minimum absolute atomic E-state index is 0.00275. The minimum atomic E-state index is -0.580. The van der Waals surface area contributed by atoms with Gasteiger partial charge in [0.1, 0.15) is 11.3 Å². The smallest absolute Gasteiger partial charge is 0.343 e. The highest BCUT2D eigenvalue weighted by molar-refractivity contribution is 6.32. The third-order valence-electron chi connectivity index (χ3n) is 6.69. The number of carbonyl (C=O) groups excluding carboxylic acids is 1. The van der Waals surface area contributed by atoms with Crippen LogP contribution < -0.4 is 10.2 Å². The Hall–Kier alpha value is -2.31. The van der Waals surface area contributed by atoms with Crippen LogP contribution in [0.3, 0.4) is 0 Å². The molecule has 0 amide bonds. The number of pyridine rings is 1. The minimum Gasteiger partial charge on any atom is -0.492 e. The number of ether oxygens (including phenoxy) is 3. The number of carbonyl (C=O) groups is 1. The number of hydrogen-bond donors (Lipinski definition) is 0. The number of halogens is 1. The van der Waals surface area contributed by atoms with Gasteiger partial charge in [-0.3, -0.25) is 4.79 Å². The zero-order chi connectivity index (χ0) is 23.0. The van der Waals surface area contributed by atoms with Crippen molar-refractivity contribution in [2.45, 2.75) is 52.0 Å². The summed E-state index contributed by atoms with van der Waals surface area (Å²) in [5.74, 6) is 0.316. The van der Waals surface area contributed by atoms with E-state index in [1.165, 1.54) is 0 Å². The molecule has 4 rings (SSSR count). The van der Waals surface area contributed by atoms with Gasteiger partial charge in [0.2, 0.25) is 0 Å². The predicted molar refractivity (Wildman–Crippen MR) is 124 cm³/mol. The summed E-state index contributed by atoms with van der Waals surface area (Å²) < 4.78 is 18.3. The molecule has 2 heterocycles. The fourth-order valence-electron chi connectivity index (χ4n) is 5.23. The van der Waals surface area contributed by atoms with Gasteiger partial charge in [0.05, 0.1) is 23.9 Å². The normalized spacial score (nSPS) is 20.3. The Kier molecular flexibility index (Phi) is 6.37. The van der Waals surface area contributed by atoms with E-state index in [0.717, 1.165) is 36.1 Å². The van der Waals surface area contributed by atoms with Gasteiger partial charge in [0.15, 0.2) is 5.43 Å². The number of aromatic nitrogens is 1. The number of hydrogen-bond acceptors (Lipinski definition) is 5. The predicted octanol–water partition coefficient (Wildman–Crippen LogP) is 5.22. The van der Waals surface area contributed by atoms with Gasteiger partial charge in [-0.1, -0.05) is 25.4 Å². The number of esters is 1. The first-order valence-electron chi connectivity index (χ1n) is 11.2. The van der Waals surface area contributed by atoms with E-state index in [2.05, 4.69) is 18.4 Å².